The molecule has 1 atom stereocenters. The highest BCUT2D eigenvalue weighted by Crippen LogP contribution is 2.11. The lowest BCUT2D eigenvalue weighted by Gasteiger charge is -2.21. The molecule has 1 heterocycles. The number of amides is 2. The van der Waals surface area contributed by atoms with Crippen LogP contribution in [0.4, 0.5) is 16.2 Å². The number of nitrogens with one attached hydrogen (secondary N) is 2. The lowest BCUT2D eigenvalue weighted by molar-refractivity contribution is 0.242. The SMILES string of the molecule is CC(CN1CCCC1)NC(=O)Nc1cccc(N)c1. The molecule has 4 N–H and O–H groups in total. The smallest absolute Gasteiger partial charge is 0.319 e. The average molecular weight is 262 g/mol. The fraction of sp³-hybridized carbons (Fsp3) is 0.500. The number of benzene rings is 1. The van der Waals surface area contributed by atoms with Crippen LogP contribution in [0.15, 0.2) is 24.3 Å². The van der Waals surface area contributed by atoms with Gasteiger partial charge in [-0.2, -0.15) is 0 Å². The van der Waals surface area contributed by atoms with Gasteiger partial charge in [0.1, 0.15) is 0 Å². The summed E-state index contributed by atoms with van der Waals surface area (Å²) < 4.78 is 0. The number of nitrogens with two attached hydrogens (primary N) is 1. The van der Waals surface area contributed by atoms with E-state index >= 15 is 0 Å². The first kappa shape index (κ1) is 13.7. The summed E-state index contributed by atoms with van der Waals surface area (Å²) in [6.07, 6.45) is 2.53. The van der Waals surface area contributed by atoms with Gasteiger partial charge in [0.05, 0.1) is 0 Å². The molecule has 0 saturated carbocycles. The summed E-state index contributed by atoms with van der Waals surface area (Å²) in [5.74, 6) is 0. The van der Waals surface area contributed by atoms with Gasteiger partial charge in [-0.15, -0.1) is 0 Å². The van der Waals surface area contributed by atoms with Crippen molar-refractivity contribution in [2.24, 2.45) is 0 Å². The third-order valence-electron chi connectivity index (χ3n) is 3.25. The zero-order valence-electron chi connectivity index (χ0n) is 11.4. The van der Waals surface area contributed by atoms with Crippen molar-refractivity contribution in [2.45, 2.75) is 25.8 Å². The Morgan fingerprint density at radius 3 is 2.84 bits per heavy atom. The van der Waals surface area contributed by atoms with Crippen LogP contribution in [0.1, 0.15) is 19.8 Å². The van der Waals surface area contributed by atoms with E-state index in [9.17, 15) is 4.79 Å². The quantitative estimate of drug-likeness (QED) is 0.726. The molecule has 5 nitrogen and oxygen atoms in total. The maximum Gasteiger partial charge on any atom is 0.319 e. The Hall–Kier alpha value is -1.75. The molecule has 1 fully saturated rings. The van der Waals surface area contributed by atoms with Crippen molar-refractivity contribution in [1.29, 1.82) is 0 Å². The molecule has 1 unspecified atom stereocenters. The van der Waals surface area contributed by atoms with Gasteiger partial charge < -0.3 is 21.3 Å². The molecule has 1 saturated heterocycles. The van der Waals surface area contributed by atoms with Crippen molar-refractivity contribution < 1.29 is 4.79 Å². The summed E-state index contributed by atoms with van der Waals surface area (Å²) in [6, 6.07) is 7.13. The summed E-state index contributed by atoms with van der Waals surface area (Å²) in [6.45, 7) is 5.22. The second-order valence-electron chi connectivity index (χ2n) is 5.13. The lowest BCUT2D eigenvalue weighted by Crippen LogP contribution is -2.42. The van der Waals surface area contributed by atoms with Crippen LogP contribution in [0.5, 0.6) is 0 Å². The van der Waals surface area contributed by atoms with Crippen molar-refractivity contribution in [1.82, 2.24) is 10.2 Å². The molecule has 5 heteroatoms. The normalized spacial score (nSPS) is 17.1. The number of urea groups is 1. The van der Waals surface area contributed by atoms with Gasteiger partial charge in [-0.25, -0.2) is 4.79 Å². The summed E-state index contributed by atoms with van der Waals surface area (Å²) in [7, 11) is 0. The molecule has 104 valence electrons. The van der Waals surface area contributed by atoms with Crippen molar-refractivity contribution >= 4 is 17.4 Å². The van der Waals surface area contributed by atoms with E-state index in [1.807, 2.05) is 19.1 Å². The Kier molecular flexibility index (Phi) is 4.63. The topological polar surface area (TPSA) is 70.4 Å². The minimum atomic E-state index is -0.183. The molecule has 1 aliphatic heterocycles. The number of hydrogen-bond donors (Lipinski definition) is 3. The molecule has 0 spiro atoms. The van der Waals surface area contributed by atoms with Gasteiger partial charge in [-0.1, -0.05) is 6.07 Å². The van der Waals surface area contributed by atoms with Crippen molar-refractivity contribution in [3.63, 3.8) is 0 Å². The second-order valence-corrected chi connectivity index (χ2v) is 5.13. The Balaban J connectivity index is 1.77. The van der Waals surface area contributed by atoms with Crippen molar-refractivity contribution in [2.75, 3.05) is 30.7 Å². The van der Waals surface area contributed by atoms with Crippen LogP contribution in [0.2, 0.25) is 0 Å². The summed E-state index contributed by atoms with van der Waals surface area (Å²) in [5, 5.41) is 5.73. The molecule has 1 aromatic carbocycles. The van der Waals surface area contributed by atoms with Crippen LogP contribution in [-0.4, -0.2) is 36.6 Å². The first-order valence-electron chi connectivity index (χ1n) is 6.79. The van der Waals surface area contributed by atoms with E-state index in [4.69, 9.17) is 5.73 Å². The van der Waals surface area contributed by atoms with Gasteiger partial charge in [0.25, 0.3) is 0 Å². The zero-order valence-corrected chi connectivity index (χ0v) is 11.4. The van der Waals surface area contributed by atoms with E-state index in [-0.39, 0.29) is 12.1 Å². The second kappa shape index (κ2) is 6.43. The third-order valence-corrected chi connectivity index (χ3v) is 3.25. The minimum absolute atomic E-state index is 0.138. The van der Waals surface area contributed by atoms with E-state index in [0.717, 1.165) is 19.6 Å². The number of rotatable bonds is 4. The van der Waals surface area contributed by atoms with E-state index in [1.54, 1.807) is 12.1 Å². The molecule has 2 amide bonds. The van der Waals surface area contributed by atoms with Crippen LogP contribution in [-0.2, 0) is 0 Å². The highest BCUT2D eigenvalue weighted by molar-refractivity contribution is 5.89. The van der Waals surface area contributed by atoms with E-state index in [0.29, 0.717) is 11.4 Å². The first-order chi connectivity index (χ1) is 9.13. The maximum atomic E-state index is 11.8. The van der Waals surface area contributed by atoms with Crippen LogP contribution < -0.4 is 16.4 Å². The van der Waals surface area contributed by atoms with Crippen LogP contribution in [0.25, 0.3) is 0 Å². The molecule has 2 rings (SSSR count). The molecule has 0 bridgehead atoms. The highest BCUT2D eigenvalue weighted by atomic mass is 16.2. The standard InChI is InChI=1S/C14H22N4O/c1-11(10-18-7-2-3-8-18)16-14(19)17-13-6-4-5-12(15)9-13/h4-6,9,11H,2-3,7-8,10,15H2,1H3,(H2,16,17,19). The highest BCUT2D eigenvalue weighted by Gasteiger charge is 2.15. The predicted molar refractivity (Wildman–Crippen MR) is 78.1 cm³/mol. The van der Waals surface area contributed by atoms with Gasteiger partial charge in [0.2, 0.25) is 0 Å². The Morgan fingerprint density at radius 1 is 1.42 bits per heavy atom. The monoisotopic (exact) mass is 262 g/mol. The first-order valence-corrected chi connectivity index (χ1v) is 6.79. The number of anilines is 2. The molecule has 19 heavy (non-hydrogen) atoms. The molecule has 0 radical (unpaired) electrons. The Labute approximate surface area is 114 Å². The number of carbonyl (C=O) groups excluding carboxylic acids is 1. The summed E-state index contributed by atoms with van der Waals surface area (Å²) >= 11 is 0. The summed E-state index contributed by atoms with van der Waals surface area (Å²) in [5.41, 5.74) is 7.02. The van der Waals surface area contributed by atoms with Gasteiger partial charge in [0.15, 0.2) is 0 Å². The maximum absolute atomic E-state index is 11.8. The average Bonchev–Trinajstić information content (AvgIpc) is 2.81. The van der Waals surface area contributed by atoms with E-state index in [1.165, 1.54) is 12.8 Å². The Bertz CT molecular complexity index is 429. The molecule has 1 aliphatic rings. The third kappa shape index (κ3) is 4.44. The molecular weight excluding hydrogens is 240 g/mol. The number of nitrogens with zero attached hydrogens (tertiary/aromatic N) is 1. The molecule has 0 aliphatic carbocycles. The van der Waals surface area contributed by atoms with Crippen molar-refractivity contribution in [3.05, 3.63) is 24.3 Å². The van der Waals surface area contributed by atoms with Gasteiger partial charge in [-0.05, 0) is 51.1 Å². The van der Waals surface area contributed by atoms with Crippen LogP contribution in [0, 0.1) is 0 Å². The van der Waals surface area contributed by atoms with E-state index < -0.39 is 0 Å². The number of likely N-dealkylation sites (tertiary alicyclic amines) is 1. The van der Waals surface area contributed by atoms with Gasteiger partial charge in [-0.3, -0.25) is 0 Å². The largest absolute Gasteiger partial charge is 0.399 e. The fourth-order valence-corrected chi connectivity index (χ4v) is 2.41. The predicted octanol–water partition coefficient (Wildman–Crippen LogP) is 1.87. The zero-order chi connectivity index (χ0) is 13.7. The van der Waals surface area contributed by atoms with Crippen molar-refractivity contribution in [3.8, 4) is 0 Å². The number of nitrogen functional groups attached to an aromatic ring is 1. The molecule has 0 aromatic heterocycles. The lowest BCUT2D eigenvalue weighted by atomic mass is 10.3. The Morgan fingerprint density at radius 2 is 2.16 bits per heavy atom. The fourth-order valence-electron chi connectivity index (χ4n) is 2.41. The van der Waals surface area contributed by atoms with Gasteiger partial charge >= 0.3 is 6.03 Å². The van der Waals surface area contributed by atoms with Crippen LogP contribution >= 0.6 is 0 Å². The van der Waals surface area contributed by atoms with Crippen LogP contribution in [0.3, 0.4) is 0 Å². The molecule has 1 aromatic rings. The van der Waals surface area contributed by atoms with E-state index in [2.05, 4.69) is 15.5 Å². The number of carbonyl (C=O) groups is 1. The summed E-state index contributed by atoms with van der Waals surface area (Å²) in [4.78, 5) is 14.2. The molecular formula is C14H22N4O. The minimum Gasteiger partial charge on any atom is -0.399 e. The van der Waals surface area contributed by atoms with Gasteiger partial charge in [0, 0.05) is 24.0 Å². The number of hydrogen-bond acceptors (Lipinski definition) is 3.